The van der Waals surface area contributed by atoms with E-state index in [2.05, 4.69) is 0 Å². The third kappa shape index (κ3) is 18.2. The summed E-state index contributed by atoms with van der Waals surface area (Å²) in [5, 5.41) is 15.1. The Morgan fingerprint density at radius 2 is 1.31 bits per heavy atom. The zero-order valence-electron chi connectivity index (χ0n) is 8.27. The molecule has 3 heteroatoms. The molecule has 0 heterocycles. The van der Waals surface area contributed by atoms with Crippen LogP contribution in [-0.2, 0) is 0 Å². The van der Waals surface area contributed by atoms with Crippen molar-refractivity contribution in [2.24, 2.45) is 0 Å². The van der Waals surface area contributed by atoms with Crippen molar-refractivity contribution >= 4 is 5.69 Å². The molecule has 0 aliphatic heterocycles. The van der Waals surface area contributed by atoms with Crippen molar-refractivity contribution in [1.82, 2.24) is 0 Å². The summed E-state index contributed by atoms with van der Waals surface area (Å²) in [6, 6.07) is 9.49. The van der Waals surface area contributed by atoms with Crippen LogP contribution >= 0.6 is 0 Å². The summed E-state index contributed by atoms with van der Waals surface area (Å²) in [6.07, 6.45) is 0. The van der Waals surface area contributed by atoms with Gasteiger partial charge in [0.2, 0.25) is 0 Å². The third-order valence-corrected chi connectivity index (χ3v) is 0.800. The molecule has 4 N–H and O–H groups in total. The summed E-state index contributed by atoms with van der Waals surface area (Å²) >= 11 is 0. The monoisotopic (exact) mass is 185 g/mol. The summed E-state index contributed by atoms with van der Waals surface area (Å²) in [5.41, 5.74) is 6.18. The van der Waals surface area contributed by atoms with E-state index in [1.807, 2.05) is 30.3 Å². The van der Waals surface area contributed by atoms with E-state index in [4.69, 9.17) is 15.9 Å². The number of rotatable bonds is 0. The van der Waals surface area contributed by atoms with Crippen LogP contribution in [-0.4, -0.2) is 23.4 Å². The Morgan fingerprint density at radius 1 is 1.00 bits per heavy atom. The summed E-state index contributed by atoms with van der Waals surface area (Å²) in [6.45, 7) is 3.86. The second-order valence-electron chi connectivity index (χ2n) is 2.04. The van der Waals surface area contributed by atoms with Gasteiger partial charge in [-0.1, -0.05) is 18.2 Å². The van der Waals surface area contributed by atoms with E-state index in [1.165, 1.54) is 0 Å². The standard InChI is InChI=1S/C6H7N.2C2H6O/c7-6-4-2-1-3-5-6;2*1-2-3/h1-5H,7H2;2*3H,2H2,1H3. The van der Waals surface area contributed by atoms with Gasteiger partial charge in [-0.15, -0.1) is 0 Å². The summed E-state index contributed by atoms with van der Waals surface area (Å²) < 4.78 is 0. The smallest absolute Gasteiger partial charge is 0.0402 e. The molecule has 1 rings (SSSR count). The van der Waals surface area contributed by atoms with Crippen LogP contribution in [0.4, 0.5) is 5.69 Å². The molecule has 0 unspecified atom stereocenters. The fourth-order valence-corrected chi connectivity index (χ4v) is 0.453. The van der Waals surface area contributed by atoms with Crippen molar-refractivity contribution in [3.63, 3.8) is 0 Å². The lowest BCUT2D eigenvalue weighted by molar-refractivity contribution is 0.318. The van der Waals surface area contributed by atoms with E-state index in [0.29, 0.717) is 0 Å². The first-order valence-electron chi connectivity index (χ1n) is 4.25. The average Bonchev–Trinajstić information content (AvgIpc) is 2.08. The summed E-state index contributed by atoms with van der Waals surface area (Å²) in [4.78, 5) is 0. The van der Waals surface area contributed by atoms with Crippen LogP contribution in [0.25, 0.3) is 0 Å². The minimum atomic E-state index is 0.250. The fraction of sp³-hybridized carbons (Fsp3) is 0.400. The number of para-hydroxylation sites is 1. The fourth-order valence-electron chi connectivity index (χ4n) is 0.453. The Bertz CT molecular complexity index is 164. The Morgan fingerprint density at radius 3 is 1.46 bits per heavy atom. The maximum Gasteiger partial charge on any atom is 0.0402 e. The number of aliphatic hydroxyl groups is 2. The number of benzene rings is 1. The predicted molar refractivity (Wildman–Crippen MR) is 56.4 cm³/mol. The largest absolute Gasteiger partial charge is 0.399 e. The van der Waals surface area contributed by atoms with Crippen molar-refractivity contribution in [3.05, 3.63) is 30.3 Å². The van der Waals surface area contributed by atoms with Crippen LogP contribution < -0.4 is 5.73 Å². The van der Waals surface area contributed by atoms with Crippen LogP contribution in [0.1, 0.15) is 13.8 Å². The van der Waals surface area contributed by atoms with Gasteiger partial charge >= 0.3 is 0 Å². The molecule has 0 bridgehead atoms. The highest BCUT2D eigenvalue weighted by atomic mass is 16.3. The van der Waals surface area contributed by atoms with Crippen LogP contribution in [0.5, 0.6) is 0 Å². The van der Waals surface area contributed by atoms with Crippen LogP contribution in [0.2, 0.25) is 0 Å². The van der Waals surface area contributed by atoms with Gasteiger partial charge in [-0.05, 0) is 26.0 Å². The molecule has 0 spiro atoms. The van der Waals surface area contributed by atoms with Gasteiger partial charge < -0.3 is 15.9 Å². The Labute approximate surface area is 79.8 Å². The second kappa shape index (κ2) is 13.5. The van der Waals surface area contributed by atoms with Crippen molar-refractivity contribution in [1.29, 1.82) is 0 Å². The number of nitrogens with two attached hydrogens (primary N) is 1. The van der Waals surface area contributed by atoms with Gasteiger partial charge in [-0.25, -0.2) is 0 Å². The maximum atomic E-state index is 7.57. The molecule has 3 nitrogen and oxygen atoms in total. The highest BCUT2D eigenvalue weighted by molar-refractivity contribution is 5.35. The number of hydrogen-bond acceptors (Lipinski definition) is 3. The molecular weight excluding hydrogens is 166 g/mol. The van der Waals surface area contributed by atoms with E-state index in [0.717, 1.165) is 5.69 Å². The van der Waals surface area contributed by atoms with E-state index < -0.39 is 0 Å². The Hall–Kier alpha value is -1.06. The lowest BCUT2D eigenvalue weighted by Gasteiger charge is -1.83. The first-order chi connectivity index (χ1) is 6.22. The number of aliphatic hydroxyl groups excluding tert-OH is 2. The average molecular weight is 185 g/mol. The third-order valence-electron chi connectivity index (χ3n) is 0.800. The van der Waals surface area contributed by atoms with Gasteiger partial charge in [0.05, 0.1) is 0 Å². The minimum Gasteiger partial charge on any atom is -0.399 e. The quantitative estimate of drug-likeness (QED) is 0.533. The van der Waals surface area contributed by atoms with Crippen LogP contribution in [0, 0.1) is 0 Å². The molecule has 0 saturated carbocycles. The maximum absolute atomic E-state index is 7.57. The SMILES string of the molecule is CCO.CCO.Nc1ccccc1. The molecule has 0 aliphatic carbocycles. The molecular formula is C10H19NO2. The molecule has 0 atom stereocenters. The Kier molecular flexibility index (Phi) is 15.0. The summed E-state index contributed by atoms with van der Waals surface area (Å²) in [7, 11) is 0. The molecule has 0 aliphatic rings. The normalized spacial score (nSPS) is 7.38. The molecule has 13 heavy (non-hydrogen) atoms. The first-order valence-corrected chi connectivity index (χ1v) is 4.25. The van der Waals surface area contributed by atoms with Crippen molar-refractivity contribution < 1.29 is 10.2 Å². The highest BCUT2D eigenvalue weighted by Crippen LogP contribution is 1.95. The van der Waals surface area contributed by atoms with Crippen molar-refractivity contribution in [3.8, 4) is 0 Å². The van der Waals surface area contributed by atoms with E-state index in [-0.39, 0.29) is 13.2 Å². The number of anilines is 1. The molecule has 76 valence electrons. The van der Waals surface area contributed by atoms with E-state index in [1.54, 1.807) is 13.8 Å². The van der Waals surface area contributed by atoms with Crippen LogP contribution in [0.15, 0.2) is 30.3 Å². The molecule has 0 radical (unpaired) electrons. The molecule has 0 saturated heterocycles. The zero-order valence-corrected chi connectivity index (χ0v) is 8.27. The predicted octanol–water partition coefficient (Wildman–Crippen LogP) is 1.27. The van der Waals surface area contributed by atoms with Crippen molar-refractivity contribution in [2.75, 3.05) is 18.9 Å². The lowest BCUT2D eigenvalue weighted by atomic mass is 10.3. The van der Waals surface area contributed by atoms with Gasteiger partial charge in [0, 0.05) is 18.9 Å². The lowest BCUT2D eigenvalue weighted by Crippen LogP contribution is -1.79. The van der Waals surface area contributed by atoms with Gasteiger partial charge in [0.15, 0.2) is 0 Å². The zero-order chi connectivity index (χ0) is 10.5. The molecule has 0 aromatic heterocycles. The molecule has 0 amide bonds. The van der Waals surface area contributed by atoms with Gasteiger partial charge in [-0.3, -0.25) is 0 Å². The van der Waals surface area contributed by atoms with E-state index >= 15 is 0 Å². The van der Waals surface area contributed by atoms with Gasteiger partial charge in [0.1, 0.15) is 0 Å². The number of nitrogen functional groups attached to an aromatic ring is 1. The van der Waals surface area contributed by atoms with E-state index in [9.17, 15) is 0 Å². The molecule has 0 fully saturated rings. The molecule has 1 aromatic rings. The topological polar surface area (TPSA) is 66.5 Å². The van der Waals surface area contributed by atoms with Gasteiger partial charge in [-0.2, -0.15) is 0 Å². The van der Waals surface area contributed by atoms with Crippen molar-refractivity contribution in [2.45, 2.75) is 13.8 Å². The molecule has 1 aromatic carbocycles. The summed E-state index contributed by atoms with van der Waals surface area (Å²) in [5.74, 6) is 0. The Balaban J connectivity index is 0. The number of hydrogen-bond donors (Lipinski definition) is 3. The highest BCUT2D eigenvalue weighted by Gasteiger charge is 1.72. The van der Waals surface area contributed by atoms with Crippen LogP contribution in [0.3, 0.4) is 0 Å². The minimum absolute atomic E-state index is 0.250. The second-order valence-corrected chi connectivity index (χ2v) is 2.04. The first kappa shape index (κ1) is 14.5. The van der Waals surface area contributed by atoms with Gasteiger partial charge in [0.25, 0.3) is 0 Å².